The van der Waals surface area contributed by atoms with Crippen molar-refractivity contribution in [3.63, 3.8) is 0 Å². The summed E-state index contributed by atoms with van der Waals surface area (Å²) in [6, 6.07) is 5.08. The smallest absolute Gasteiger partial charge is 0.243 e. The number of rotatable bonds is 5. The van der Waals surface area contributed by atoms with E-state index in [4.69, 9.17) is 11.6 Å². The lowest BCUT2D eigenvalue weighted by Gasteiger charge is -2.19. The summed E-state index contributed by atoms with van der Waals surface area (Å²) in [5, 5.41) is 5.74. The van der Waals surface area contributed by atoms with Gasteiger partial charge in [0.25, 0.3) is 0 Å². The Balaban J connectivity index is 1.99. The maximum atomic E-state index is 12.4. The summed E-state index contributed by atoms with van der Waals surface area (Å²) in [6.45, 7) is 0.227. The first kappa shape index (κ1) is 18.7. The summed E-state index contributed by atoms with van der Waals surface area (Å²) in [4.78, 5) is 24.0. The van der Waals surface area contributed by atoms with Crippen molar-refractivity contribution in [2.45, 2.75) is 30.2 Å². The SMILES string of the molecule is CN(CC(=O)NC1CCCCNC1=O)S(=O)(=O)c1ccc(Cl)cc1. The van der Waals surface area contributed by atoms with Crippen LogP contribution in [0.5, 0.6) is 0 Å². The van der Waals surface area contributed by atoms with Crippen molar-refractivity contribution < 1.29 is 18.0 Å². The number of likely N-dealkylation sites (N-methyl/N-ethyl adjacent to an activating group) is 1. The average Bonchev–Trinajstić information content (AvgIpc) is 2.72. The number of nitrogens with zero attached hydrogens (tertiary/aromatic N) is 1. The average molecular weight is 374 g/mol. The van der Waals surface area contributed by atoms with E-state index in [-0.39, 0.29) is 17.3 Å². The zero-order chi connectivity index (χ0) is 17.7. The van der Waals surface area contributed by atoms with Crippen LogP contribution in [0.2, 0.25) is 5.02 Å². The second kappa shape index (κ2) is 7.96. The molecular weight excluding hydrogens is 354 g/mol. The van der Waals surface area contributed by atoms with Gasteiger partial charge in [0.2, 0.25) is 21.8 Å². The maximum absolute atomic E-state index is 12.4. The largest absolute Gasteiger partial charge is 0.354 e. The maximum Gasteiger partial charge on any atom is 0.243 e. The molecule has 132 valence electrons. The highest BCUT2D eigenvalue weighted by Crippen LogP contribution is 2.17. The van der Waals surface area contributed by atoms with Gasteiger partial charge in [-0.05, 0) is 43.5 Å². The van der Waals surface area contributed by atoms with Crippen molar-refractivity contribution in [1.82, 2.24) is 14.9 Å². The third kappa shape index (κ3) is 4.68. The lowest BCUT2D eigenvalue weighted by molar-refractivity contribution is -0.128. The molecule has 1 aromatic rings. The van der Waals surface area contributed by atoms with Gasteiger partial charge in [-0.15, -0.1) is 0 Å². The Morgan fingerprint density at radius 3 is 2.67 bits per heavy atom. The Hall–Kier alpha value is -1.64. The van der Waals surface area contributed by atoms with Gasteiger partial charge >= 0.3 is 0 Å². The Bertz CT molecular complexity index is 706. The van der Waals surface area contributed by atoms with Crippen molar-refractivity contribution in [1.29, 1.82) is 0 Å². The minimum absolute atomic E-state index is 0.0504. The van der Waals surface area contributed by atoms with Crippen molar-refractivity contribution in [3.05, 3.63) is 29.3 Å². The molecule has 0 spiro atoms. The summed E-state index contributed by atoms with van der Waals surface area (Å²) in [5.41, 5.74) is 0. The van der Waals surface area contributed by atoms with Gasteiger partial charge in [-0.25, -0.2) is 8.42 Å². The summed E-state index contributed by atoms with van der Waals surface area (Å²) in [5.74, 6) is -0.749. The van der Waals surface area contributed by atoms with Gasteiger partial charge in [-0.1, -0.05) is 11.6 Å². The number of benzene rings is 1. The van der Waals surface area contributed by atoms with Gasteiger partial charge in [-0.2, -0.15) is 4.31 Å². The van der Waals surface area contributed by atoms with E-state index in [0.717, 1.165) is 17.1 Å². The van der Waals surface area contributed by atoms with Gasteiger partial charge < -0.3 is 10.6 Å². The molecule has 1 aliphatic heterocycles. The second-order valence-corrected chi connectivity index (χ2v) is 8.10. The van der Waals surface area contributed by atoms with Crippen LogP contribution in [0.1, 0.15) is 19.3 Å². The molecule has 0 bridgehead atoms. The van der Waals surface area contributed by atoms with Crippen LogP contribution in [0.4, 0.5) is 0 Å². The monoisotopic (exact) mass is 373 g/mol. The number of sulfonamides is 1. The van der Waals surface area contributed by atoms with Crippen LogP contribution in [0.3, 0.4) is 0 Å². The van der Waals surface area contributed by atoms with Gasteiger partial charge in [0, 0.05) is 18.6 Å². The molecule has 2 rings (SSSR count). The standard InChI is InChI=1S/C15H20ClN3O4S/c1-19(24(22,23)12-7-5-11(16)6-8-12)10-14(20)18-13-4-2-3-9-17-15(13)21/h5-8,13H,2-4,9-10H2,1H3,(H,17,21)(H,18,20). The molecular formula is C15H20ClN3O4S. The quantitative estimate of drug-likeness (QED) is 0.796. The molecule has 1 atom stereocenters. The zero-order valence-electron chi connectivity index (χ0n) is 13.3. The molecule has 1 saturated heterocycles. The van der Waals surface area contributed by atoms with Gasteiger partial charge in [0.15, 0.2) is 0 Å². The molecule has 9 heteroatoms. The highest BCUT2D eigenvalue weighted by atomic mass is 35.5. The van der Waals surface area contributed by atoms with Crippen LogP contribution in [-0.2, 0) is 19.6 Å². The van der Waals surface area contributed by atoms with E-state index in [2.05, 4.69) is 10.6 Å². The Morgan fingerprint density at radius 1 is 1.33 bits per heavy atom. The van der Waals surface area contributed by atoms with E-state index >= 15 is 0 Å². The minimum atomic E-state index is -3.80. The Labute approximate surface area is 146 Å². The fraction of sp³-hybridized carbons (Fsp3) is 0.467. The molecule has 1 aromatic carbocycles. The first-order valence-corrected chi connectivity index (χ1v) is 9.41. The molecule has 1 heterocycles. The van der Waals surface area contributed by atoms with Crippen molar-refractivity contribution in [2.75, 3.05) is 20.1 Å². The minimum Gasteiger partial charge on any atom is -0.354 e. The van der Waals surface area contributed by atoms with E-state index in [1.807, 2.05) is 0 Å². The zero-order valence-corrected chi connectivity index (χ0v) is 14.9. The first-order valence-electron chi connectivity index (χ1n) is 7.59. The van der Waals surface area contributed by atoms with Crippen LogP contribution in [-0.4, -0.2) is 50.7 Å². The second-order valence-electron chi connectivity index (χ2n) is 5.62. The topological polar surface area (TPSA) is 95.6 Å². The van der Waals surface area contributed by atoms with Crippen molar-refractivity contribution in [3.8, 4) is 0 Å². The van der Waals surface area contributed by atoms with Crippen LogP contribution in [0.15, 0.2) is 29.2 Å². The number of nitrogens with one attached hydrogen (secondary N) is 2. The van der Waals surface area contributed by atoms with E-state index in [1.54, 1.807) is 0 Å². The number of hydrogen-bond donors (Lipinski definition) is 2. The van der Waals surface area contributed by atoms with Crippen LogP contribution < -0.4 is 10.6 Å². The summed E-state index contributed by atoms with van der Waals surface area (Å²) in [7, 11) is -2.48. The Morgan fingerprint density at radius 2 is 2.00 bits per heavy atom. The number of carbonyl (C=O) groups excluding carboxylic acids is 2. The lowest BCUT2D eigenvalue weighted by Crippen LogP contribution is -2.48. The van der Waals surface area contributed by atoms with Crippen molar-refractivity contribution >= 4 is 33.4 Å². The van der Waals surface area contributed by atoms with Gasteiger partial charge in [0.05, 0.1) is 11.4 Å². The van der Waals surface area contributed by atoms with Crippen LogP contribution in [0, 0.1) is 0 Å². The van der Waals surface area contributed by atoms with Crippen molar-refractivity contribution in [2.24, 2.45) is 0 Å². The van der Waals surface area contributed by atoms with E-state index < -0.39 is 22.0 Å². The highest BCUT2D eigenvalue weighted by molar-refractivity contribution is 7.89. The molecule has 0 radical (unpaired) electrons. The number of halogens is 1. The fourth-order valence-electron chi connectivity index (χ4n) is 2.39. The number of carbonyl (C=O) groups is 2. The first-order chi connectivity index (χ1) is 11.3. The molecule has 1 aliphatic rings. The molecule has 24 heavy (non-hydrogen) atoms. The van der Waals surface area contributed by atoms with Gasteiger partial charge in [-0.3, -0.25) is 9.59 Å². The molecule has 1 fully saturated rings. The third-order valence-electron chi connectivity index (χ3n) is 3.76. The van der Waals surface area contributed by atoms with E-state index in [1.165, 1.54) is 31.3 Å². The van der Waals surface area contributed by atoms with E-state index in [0.29, 0.717) is 18.0 Å². The summed E-state index contributed by atoms with van der Waals surface area (Å²) in [6.07, 6.45) is 2.23. The molecule has 7 nitrogen and oxygen atoms in total. The molecule has 0 aromatic heterocycles. The van der Waals surface area contributed by atoms with E-state index in [9.17, 15) is 18.0 Å². The molecule has 0 saturated carbocycles. The lowest BCUT2D eigenvalue weighted by atomic mass is 10.1. The summed E-state index contributed by atoms with van der Waals surface area (Å²) < 4.78 is 25.8. The van der Waals surface area contributed by atoms with Gasteiger partial charge in [0.1, 0.15) is 6.04 Å². The normalized spacial score (nSPS) is 18.8. The predicted molar refractivity (Wildman–Crippen MR) is 90.1 cm³/mol. The fourth-order valence-corrected chi connectivity index (χ4v) is 3.64. The summed E-state index contributed by atoms with van der Waals surface area (Å²) >= 11 is 5.75. The molecule has 0 aliphatic carbocycles. The Kier molecular flexibility index (Phi) is 6.20. The number of hydrogen-bond acceptors (Lipinski definition) is 4. The molecule has 2 amide bonds. The molecule has 2 N–H and O–H groups in total. The van der Waals surface area contributed by atoms with Crippen LogP contribution >= 0.6 is 11.6 Å². The predicted octanol–water partition coefficient (Wildman–Crippen LogP) is 0.745. The third-order valence-corrected chi connectivity index (χ3v) is 5.83. The molecule has 1 unspecified atom stereocenters. The highest BCUT2D eigenvalue weighted by Gasteiger charge is 2.26. The number of amides is 2. The van der Waals surface area contributed by atoms with Crippen LogP contribution in [0.25, 0.3) is 0 Å².